The van der Waals surface area contributed by atoms with E-state index in [0.717, 1.165) is 21.0 Å². The number of nitrogens with zero attached hydrogens (tertiary/aromatic N) is 1. The fourth-order valence-electron chi connectivity index (χ4n) is 10.8. The Labute approximate surface area is 344 Å². The van der Waals surface area contributed by atoms with E-state index in [1.54, 1.807) is 27.7 Å². The fourth-order valence-corrected chi connectivity index (χ4v) is 10.8. The first-order valence-electron chi connectivity index (χ1n) is 19.7. The van der Waals surface area contributed by atoms with Gasteiger partial charge >= 0.3 is 35.8 Å². The lowest BCUT2D eigenvalue weighted by molar-refractivity contribution is -0.329. The first-order valence-corrected chi connectivity index (χ1v) is 19.7. The summed E-state index contributed by atoms with van der Waals surface area (Å²) in [6, 6.07) is 4.35. The maximum absolute atomic E-state index is 16.3. The molecule has 7 rings (SSSR count). The summed E-state index contributed by atoms with van der Waals surface area (Å²) in [4.78, 5) is 103. The van der Waals surface area contributed by atoms with Crippen LogP contribution in [0, 0.1) is 28.1 Å². The molecule has 5 heterocycles. The zero-order chi connectivity index (χ0) is 44.0. The number of aliphatic hydroxyl groups is 1. The van der Waals surface area contributed by atoms with Gasteiger partial charge in [-0.1, -0.05) is 27.7 Å². The van der Waals surface area contributed by atoms with Crippen LogP contribution < -0.4 is 0 Å². The largest absolute Gasteiger partial charge is 0.472 e. The van der Waals surface area contributed by atoms with Gasteiger partial charge in [0.15, 0.2) is 34.8 Å². The maximum Gasteiger partial charge on any atom is 0.351 e. The Morgan fingerprint density at radius 2 is 1.68 bits per heavy atom. The molecule has 13 atom stereocenters. The highest BCUT2D eigenvalue weighted by Crippen LogP contribution is 2.77. The number of epoxide rings is 1. The van der Waals surface area contributed by atoms with Gasteiger partial charge in [0.25, 0.3) is 0 Å². The van der Waals surface area contributed by atoms with Gasteiger partial charge in [0.1, 0.15) is 18.3 Å². The van der Waals surface area contributed by atoms with E-state index >= 15 is 4.79 Å². The van der Waals surface area contributed by atoms with Crippen LogP contribution in [-0.4, -0.2) is 113 Å². The van der Waals surface area contributed by atoms with Crippen LogP contribution in [0.4, 0.5) is 0 Å². The van der Waals surface area contributed by atoms with Crippen molar-refractivity contribution in [1.82, 2.24) is 4.98 Å². The molecule has 2 aliphatic carbocycles. The molecule has 324 valence electrons. The van der Waals surface area contributed by atoms with Crippen LogP contribution >= 0.6 is 0 Å². The standard InChI is InChI=1S/C42H49NO17/c1-10-20(2)32(47)59-29-27(57-33(48)23-12-11-14-43-17-23)30-38(7,25(37(29,5)6)16-26(46)52-9)35(50)41(51)36(56-22(4)45)39(8)28(24-13-15-53-18-24)58-34(49)31(55-21(3)44)42(39,60-30)40(41)19-54-40/h11-15,17-18,20,25,27-31,36,51H,10,16,19H2,1-9H3/t20-,25-,27+,28+,29-,30+,31-,36-,38-,39-,40+,41-,42-/m1/s1. The molecule has 5 aliphatic rings. The number of esters is 6. The van der Waals surface area contributed by atoms with E-state index in [4.69, 9.17) is 42.3 Å². The van der Waals surface area contributed by atoms with Gasteiger partial charge in [0.2, 0.25) is 6.10 Å². The summed E-state index contributed by atoms with van der Waals surface area (Å²) in [5.74, 6) is -8.77. The zero-order valence-electron chi connectivity index (χ0n) is 34.7. The average Bonchev–Trinajstić information content (AvgIpc) is 3.83. The van der Waals surface area contributed by atoms with Crippen LogP contribution in [0.15, 0.2) is 47.5 Å². The highest BCUT2D eigenvalue weighted by atomic mass is 16.7. The van der Waals surface area contributed by atoms with E-state index < -0.39 is 136 Å². The Morgan fingerprint density at radius 3 is 2.23 bits per heavy atom. The second-order valence-electron chi connectivity index (χ2n) is 17.3. The number of ether oxygens (including phenoxy) is 8. The minimum absolute atomic E-state index is 0.0419. The molecule has 2 aromatic heterocycles. The van der Waals surface area contributed by atoms with Crippen LogP contribution in [0.3, 0.4) is 0 Å². The Kier molecular flexibility index (Phi) is 10.4. The molecule has 0 radical (unpaired) electrons. The average molecular weight is 840 g/mol. The molecule has 60 heavy (non-hydrogen) atoms. The van der Waals surface area contributed by atoms with Crippen molar-refractivity contribution in [1.29, 1.82) is 0 Å². The van der Waals surface area contributed by atoms with Crippen molar-refractivity contribution in [3.63, 3.8) is 0 Å². The van der Waals surface area contributed by atoms with Crippen molar-refractivity contribution in [3.05, 3.63) is 54.2 Å². The van der Waals surface area contributed by atoms with Gasteiger partial charge in [-0.05, 0) is 44.4 Å². The molecular formula is C42H49NO17. The van der Waals surface area contributed by atoms with Crippen molar-refractivity contribution in [2.24, 2.45) is 28.1 Å². The third kappa shape index (κ3) is 5.62. The number of methoxy groups -OCH3 is 1. The minimum Gasteiger partial charge on any atom is -0.472 e. The molecule has 2 spiro atoms. The molecule has 5 fully saturated rings. The molecule has 0 aromatic carbocycles. The lowest BCUT2D eigenvalue weighted by Crippen LogP contribution is -2.76. The topological polar surface area (TPSA) is 243 Å². The second kappa shape index (κ2) is 14.5. The van der Waals surface area contributed by atoms with Crippen molar-refractivity contribution in [2.45, 2.75) is 122 Å². The summed E-state index contributed by atoms with van der Waals surface area (Å²) >= 11 is 0. The van der Waals surface area contributed by atoms with Crippen LogP contribution in [0.2, 0.25) is 0 Å². The number of ketones is 1. The van der Waals surface area contributed by atoms with Gasteiger partial charge in [-0.3, -0.25) is 29.0 Å². The number of carbonyl (C=O) groups is 7. The predicted octanol–water partition coefficient (Wildman–Crippen LogP) is 2.77. The van der Waals surface area contributed by atoms with Crippen molar-refractivity contribution >= 4 is 41.6 Å². The van der Waals surface area contributed by atoms with Crippen LogP contribution in [0.1, 0.15) is 90.3 Å². The summed E-state index contributed by atoms with van der Waals surface area (Å²) in [5, 5.41) is 13.7. The number of rotatable bonds is 10. The number of carbonyl (C=O) groups excluding carboxylic acids is 7. The second-order valence-corrected chi connectivity index (χ2v) is 17.3. The molecule has 2 bridgehead atoms. The van der Waals surface area contributed by atoms with E-state index in [9.17, 15) is 33.9 Å². The zero-order valence-corrected chi connectivity index (χ0v) is 34.7. The Hall–Kier alpha value is -5.20. The third-order valence-electron chi connectivity index (χ3n) is 13.8. The highest BCUT2D eigenvalue weighted by Gasteiger charge is 2.99. The molecular weight excluding hydrogens is 790 g/mol. The summed E-state index contributed by atoms with van der Waals surface area (Å²) in [5.41, 5.74) is -13.6. The summed E-state index contributed by atoms with van der Waals surface area (Å²) < 4.78 is 54.5. The van der Waals surface area contributed by atoms with Gasteiger partial charge < -0.3 is 47.4 Å². The molecule has 3 saturated heterocycles. The van der Waals surface area contributed by atoms with Gasteiger partial charge in [-0.15, -0.1) is 0 Å². The smallest absolute Gasteiger partial charge is 0.351 e. The molecule has 2 aromatic rings. The highest BCUT2D eigenvalue weighted by molar-refractivity contribution is 6.00. The quantitative estimate of drug-likeness (QED) is 0.205. The van der Waals surface area contributed by atoms with E-state index in [-0.39, 0.29) is 11.1 Å². The molecule has 0 amide bonds. The normalized spacial score (nSPS) is 38.9. The van der Waals surface area contributed by atoms with Crippen LogP contribution in [0.5, 0.6) is 0 Å². The lowest BCUT2D eigenvalue weighted by atomic mass is 9.48. The Morgan fingerprint density at radius 1 is 1.00 bits per heavy atom. The maximum atomic E-state index is 16.3. The molecule has 18 heteroatoms. The minimum atomic E-state index is -2.99. The van der Waals surface area contributed by atoms with E-state index in [0.29, 0.717) is 6.42 Å². The number of Topliss-reactive ketones (excluding diaryl/α,β-unsaturated/α-hetero) is 1. The molecule has 2 saturated carbocycles. The summed E-state index contributed by atoms with van der Waals surface area (Å²) in [7, 11) is 1.14. The molecule has 1 N–H and O–H groups in total. The lowest BCUT2D eigenvalue weighted by Gasteiger charge is -2.62. The first-order chi connectivity index (χ1) is 28.1. The number of fused-ring (bicyclic) bond motifs is 1. The molecule has 18 nitrogen and oxygen atoms in total. The molecule has 3 aliphatic heterocycles. The van der Waals surface area contributed by atoms with E-state index in [1.165, 1.54) is 57.0 Å². The van der Waals surface area contributed by atoms with E-state index in [2.05, 4.69) is 4.98 Å². The van der Waals surface area contributed by atoms with Crippen molar-refractivity contribution in [3.8, 4) is 0 Å². The van der Waals surface area contributed by atoms with Crippen LogP contribution in [-0.2, 0) is 66.7 Å². The number of pyridine rings is 1. The Bertz CT molecular complexity index is 2100. The molecule has 0 unspecified atom stereocenters. The van der Waals surface area contributed by atoms with Crippen LogP contribution in [0.25, 0.3) is 0 Å². The fraction of sp³-hybridized carbons (Fsp3) is 0.619. The number of hydrogen-bond acceptors (Lipinski definition) is 18. The SMILES string of the molecule is CC[C@@H](C)C(=O)O[C@@H]1[C@H](OC(=O)c2cccnc2)[C@@H]2O[C@]34[C@H](OC(C)=O)C(=O)O[C@@H](c5ccoc5)[C@]3(C)[C@@H](OC(C)=O)[C@](O)(C(=O)[C@]2(C)[C@H](CC(=O)OC)C1(C)C)[C@@]41CO1. The van der Waals surface area contributed by atoms with Gasteiger partial charge in [0, 0.05) is 37.2 Å². The number of aromatic nitrogens is 1. The summed E-state index contributed by atoms with van der Waals surface area (Å²) in [6.07, 6.45) is -5.90. The number of hydrogen-bond donors (Lipinski definition) is 1. The predicted molar refractivity (Wildman–Crippen MR) is 198 cm³/mol. The third-order valence-corrected chi connectivity index (χ3v) is 13.8. The van der Waals surface area contributed by atoms with Gasteiger partial charge in [0.05, 0.1) is 55.0 Å². The monoisotopic (exact) mass is 839 g/mol. The Balaban J connectivity index is 1.59. The van der Waals surface area contributed by atoms with Crippen molar-refractivity contribution in [2.75, 3.05) is 13.7 Å². The van der Waals surface area contributed by atoms with Gasteiger partial charge in [-0.2, -0.15) is 0 Å². The number of cyclic esters (lactones) is 1. The summed E-state index contributed by atoms with van der Waals surface area (Å²) in [6.45, 7) is 11.0. The number of furan rings is 1. The van der Waals surface area contributed by atoms with Gasteiger partial charge in [-0.25, -0.2) is 9.59 Å². The van der Waals surface area contributed by atoms with Crippen molar-refractivity contribution < 1.29 is 81.0 Å². The first kappa shape index (κ1) is 42.9. The van der Waals surface area contributed by atoms with E-state index in [1.807, 2.05) is 0 Å².